The monoisotopic (exact) mass is 414 g/mol. The van der Waals surface area contributed by atoms with Gasteiger partial charge in [-0.05, 0) is 36.4 Å². The Morgan fingerprint density at radius 3 is 2.54 bits per heavy atom. The molecule has 4 nitrogen and oxygen atoms in total. The number of hydrogen-bond acceptors (Lipinski definition) is 3. The normalized spacial score (nSPS) is 10.5. The summed E-state index contributed by atoms with van der Waals surface area (Å²) in [5, 5.41) is 0.775. The van der Waals surface area contributed by atoms with Crippen molar-refractivity contribution in [2.24, 2.45) is 0 Å². The minimum atomic E-state index is -0.125. The average Bonchev–Trinajstić information content (AvgIpc) is 2.73. The Morgan fingerprint density at radius 2 is 1.82 bits per heavy atom. The van der Waals surface area contributed by atoms with Crippen molar-refractivity contribution < 1.29 is 9.53 Å². The van der Waals surface area contributed by atoms with Crippen molar-refractivity contribution in [3.8, 4) is 5.75 Å². The molecule has 0 bridgehead atoms. The van der Waals surface area contributed by atoms with Gasteiger partial charge in [-0.1, -0.05) is 47.5 Å². The van der Waals surface area contributed by atoms with Crippen molar-refractivity contribution in [1.29, 1.82) is 0 Å². The van der Waals surface area contributed by atoms with Crippen LogP contribution in [0.5, 0.6) is 5.75 Å². The Balaban J connectivity index is 1.86. The lowest BCUT2D eigenvalue weighted by atomic mass is 10.1. The van der Waals surface area contributed by atoms with Crippen LogP contribution >= 0.6 is 23.2 Å². The summed E-state index contributed by atoms with van der Waals surface area (Å²) in [6.45, 7) is 0.921. The molecule has 3 aromatic rings. The molecule has 1 amide bonds. The molecule has 0 aliphatic rings. The number of carbonyl (C=O) groups excluding carboxylic acids is 1. The third-order valence-corrected chi connectivity index (χ3v) is 5.11. The molecule has 0 saturated carbocycles. The molecule has 0 aliphatic carbocycles. The van der Waals surface area contributed by atoms with Crippen LogP contribution in [-0.2, 0) is 13.0 Å². The van der Waals surface area contributed by atoms with Crippen LogP contribution < -0.4 is 4.74 Å². The van der Waals surface area contributed by atoms with E-state index in [0.717, 1.165) is 17.0 Å². The van der Waals surface area contributed by atoms with Gasteiger partial charge in [0.15, 0.2) is 0 Å². The van der Waals surface area contributed by atoms with Crippen molar-refractivity contribution >= 4 is 29.1 Å². The molecule has 2 aromatic carbocycles. The maximum absolute atomic E-state index is 13.2. The maximum atomic E-state index is 13.2. The highest BCUT2D eigenvalue weighted by atomic mass is 35.5. The zero-order valence-electron chi connectivity index (χ0n) is 15.4. The third-order valence-electron chi connectivity index (χ3n) is 4.37. The van der Waals surface area contributed by atoms with Gasteiger partial charge < -0.3 is 9.64 Å². The van der Waals surface area contributed by atoms with E-state index in [4.69, 9.17) is 27.9 Å². The second-order valence-corrected chi connectivity index (χ2v) is 7.05. The number of halogens is 2. The smallest absolute Gasteiger partial charge is 0.254 e. The largest absolute Gasteiger partial charge is 0.496 e. The van der Waals surface area contributed by atoms with Gasteiger partial charge in [-0.3, -0.25) is 9.78 Å². The Morgan fingerprint density at radius 1 is 1.04 bits per heavy atom. The van der Waals surface area contributed by atoms with E-state index in [9.17, 15) is 4.79 Å². The van der Waals surface area contributed by atoms with E-state index in [1.807, 2.05) is 42.5 Å². The quantitative estimate of drug-likeness (QED) is 0.527. The zero-order chi connectivity index (χ0) is 19.9. The predicted octanol–water partition coefficient (Wildman–Crippen LogP) is 5.28. The second kappa shape index (κ2) is 9.58. The highest BCUT2D eigenvalue weighted by Gasteiger charge is 2.19. The summed E-state index contributed by atoms with van der Waals surface area (Å²) in [7, 11) is 1.62. The van der Waals surface area contributed by atoms with E-state index in [1.54, 1.807) is 36.4 Å². The highest BCUT2D eigenvalue weighted by Crippen LogP contribution is 2.25. The van der Waals surface area contributed by atoms with Crippen LogP contribution in [0.4, 0.5) is 0 Å². The van der Waals surface area contributed by atoms with E-state index in [0.29, 0.717) is 35.1 Å². The molecule has 0 saturated heterocycles. The van der Waals surface area contributed by atoms with Gasteiger partial charge in [-0.2, -0.15) is 0 Å². The van der Waals surface area contributed by atoms with Crippen LogP contribution in [0.1, 0.15) is 21.6 Å². The van der Waals surface area contributed by atoms with Gasteiger partial charge in [-0.25, -0.2) is 0 Å². The van der Waals surface area contributed by atoms with Crippen molar-refractivity contribution in [3.05, 3.63) is 93.7 Å². The van der Waals surface area contributed by atoms with Crippen molar-refractivity contribution in [1.82, 2.24) is 9.88 Å². The van der Waals surface area contributed by atoms with E-state index in [2.05, 4.69) is 4.98 Å². The Hall–Kier alpha value is -2.56. The summed E-state index contributed by atoms with van der Waals surface area (Å²) < 4.78 is 5.44. The number of rotatable bonds is 7. The van der Waals surface area contributed by atoms with Crippen molar-refractivity contribution in [2.45, 2.75) is 13.0 Å². The molecule has 28 heavy (non-hydrogen) atoms. The molecule has 6 heteroatoms. The molecule has 0 spiro atoms. The molecule has 0 N–H and O–H groups in total. The SMILES string of the molecule is COc1ccccc1CN(CCc1ccccn1)C(=O)c1ccc(Cl)c(Cl)c1. The van der Waals surface area contributed by atoms with Gasteiger partial charge in [0, 0.05) is 42.5 Å². The van der Waals surface area contributed by atoms with Gasteiger partial charge in [0.1, 0.15) is 5.75 Å². The van der Waals surface area contributed by atoms with Crippen molar-refractivity contribution in [3.63, 3.8) is 0 Å². The molecule has 0 unspecified atom stereocenters. The molecular formula is C22H20Cl2N2O2. The Bertz CT molecular complexity index is 948. The van der Waals surface area contributed by atoms with Crippen LogP contribution in [0, 0.1) is 0 Å². The lowest BCUT2D eigenvalue weighted by Crippen LogP contribution is -2.32. The zero-order valence-corrected chi connectivity index (χ0v) is 17.0. The molecule has 3 rings (SSSR count). The van der Waals surface area contributed by atoms with Gasteiger partial charge >= 0.3 is 0 Å². The Kier molecular flexibility index (Phi) is 6.90. The van der Waals surface area contributed by atoms with Crippen LogP contribution in [-0.4, -0.2) is 29.4 Å². The topological polar surface area (TPSA) is 42.4 Å². The first-order valence-electron chi connectivity index (χ1n) is 8.84. The van der Waals surface area contributed by atoms with Gasteiger partial charge in [-0.15, -0.1) is 0 Å². The number of aromatic nitrogens is 1. The number of amides is 1. The number of carbonyl (C=O) groups is 1. The Labute approximate surface area is 174 Å². The third kappa shape index (κ3) is 5.03. The number of benzene rings is 2. The second-order valence-electron chi connectivity index (χ2n) is 6.24. The summed E-state index contributed by atoms with van der Waals surface area (Å²) in [5.41, 5.74) is 2.35. The van der Waals surface area contributed by atoms with Crippen molar-refractivity contribution in [2.75, 3.05) is 13.7 Å². The van der Waals surface area contributed by atoms with Crippen LogP contribution in [0.25, 0.3) is 0 Å². The van der Waals surface area contributed by atoms with E-state index in [1.165, 1.54) is 0 Å². The standard InChI is InChI=1S/C22H20Cl2N2O2/c1-28-21-8-3-2-6-17(21)15-26(13-11-18-7-4-5-12-25-18)22(27)16-9-10-19(23)20(24)14-16/h2-10,12,14H,11,13,15H2,1H3. The first-order chi connectivity index (χ1) is 13.6. The lowest BCUT2D eigenvalue weighted by Gasteiger charge is -2.24. The van der Waals surface area contributed by atoms with E-state index >= 15 is 0 Å². The van der Waals surface area contributed by atoms with E-state index < -0.39 is 0 Å². The lowest BCUT2D eigenvalue weighted by molar-refractivity contribution is 0.0743. The summed E-state index contributed by atoms with van der Waals surface area (Å²) in [4.78, 5) is 19.3. The molecule has 144 valence electrons. The maximum Gasteiger partial charge on any atom is 0.254 e. The fourth-order valence-electron chi connectivity index (χ4n) is 2.90. The summed E-state index contributed by atoms with van der Waals surface area (Å²) in [6, 6.07) is 18.4. The molecule has 0 atom stereocenters. The highest BCUT2D eigenvalue weighted by molar-refractivity contribution is 6.42. The number of para-hydroxylation sites is 1. The summed E-state index contributed by atoms with van der Waals surface area (Å²) in [6.07, 6.45) is 2.39. The average molecular weight is 415 g/mol. The fraction of sp³-hybridized carbons (Fsp3) is 0.182. The molecular weight excluding hydrogens is 395 g/mol. The number of nitrogens with zero attached hydrogens (tertiary/aromatic N) is 2. The van der Waals surface area contributed by atoms with Gasteiger partial charge in [0.05, 0.1) is 17.2 Å². The molecule has 1 aromatic heterocycles. The molecule has 0 fully saturated rings. The van der Waals surface area contributed by atoms with E-state index in [-0.39, 0.29) is 5.91 Å². The number of methoxy groups -OCH3 is 1. The van der Waals surface area contributed by atoms with Gasteiger partial charge in [0.25, 0.3) is 5.91 Å². The number of hydrogen-bond donors (Lipinski definition) is 0. The molecule has 0 aliphatic heterocycles. The fourth-order valence-corrected chi connectivity index (χ4v) is 3.20. The minimum absolute atomic E-state index is 0.125. The van der Waals surface area contributed by atoms with Crippen LogP contribution in [0.3, 0.4) is 0 Å². The summed E-state index contributed by atoms with van der Waals surface area (Å²) in [5.74, 6) is 0.618. The van der Waals surface area contributed by atoms with Crippen LogP contribution in [0.15, 0.2) is 66.9 Å². The summed E-state index contributed by atoms with van der Waals surface area (Å²) >= 11 is 12.1. The molecule has 1 heterocycles. The van der Waals surface area contributed by atoms with Gasteiger partial charge in [0.2, 0.25) is 0 Å². The first kappa shape index (κ1) is 20.2. The van der Waals surface area contributed by atoms with Crippen LogP contribution in [0.2, 0.25) is 10.0 Å². The molecule has 0 radical (unpaired) electrons. The number of pyridine rings is 1. The minimum Gasteiger partial charge on any atom is -0.496 e. The number of ether oxygens (including phenoxy) is 1. The predicted molar refractivity (Wildman–Crippen MR) is 112 cm³/mol. The first-order valence-corrected chi connectivity index (χ1v) is 9.60.